The number of hydrogen-bond acceptors (Lipinski definition) is 6. The number of methoxy groups -OCH3 is 2. The van der Waals surface area contributed by atoms with Gasteiger partial charge in [0.25, 0.3) is 11.7 Å². The average molecular weight is 472 g/mol. The van der Waals surface area contributed by atoms with Crippen LogP contribution in [0.5, 0.6) is 17.2 Å². The van der Waals surface area contributed by atoms with E-state index in [0.717, 1.165) is 32.1 Å². The lowest BCUT2D eigenvalue weighted by atomic mass is 9.91. The van der Waals surface area contributed by atoms with Crippen molar-refractivity contribution in [1.82, 2.24) is 4.90 Å². The zero-order valence-corrected chi connectivity index (χ0v) is 19.3. The van der Waals surface area contributed by atoms with Crippen LogP contribution in [0.15, 0.2) is 42.0 Å². The first-order chi connectivity index (χ1) is 15.9. The molecule has 174 valence electrons. The van der Waals surface area contributed by atoms with E-state index in [2.05, 4.69) is 0 Å². The number of likely N-dealkylation sites (tertiary alicyclic amines) is 1. The molecule has 1 atom stereocenters. The van der Waals surface area contributed by atoms with Crippen LogP contribution in [0, 0.1) is 0 Å². The lowest BCUT2D eigenvalue weighted by Gasteiger charge is -2.35. The van der Waals surface area contributed by atoms with Crippen LogP contribution in [0.4, 0.5) is 0 Å². The third-order valence-electron chi connectivity index (χ3n) is 6.39. The molecule has 4 rings (SSSR count). The molecule has 0 aromatic heterocycles. The summed E-state index contributed by atoms with van der Waals surface area (Å²) in [6.45, 7) is 0. The Morgan fingerprint density at radius 2 is 1.64 bits per heavy atom. The van der Waals surface area contributed by atoms with Crippen molar-refractivity contribution in [1.29, 1.82) is 0 Å². The molecule has 1 aliphatic heterocycles. The van der Waals surface area contributed by atoms with Gasteiger partial charge in [0.1, 0.15) is 23.0 Å². The molecule has 0 radical (unpaired) electrons. The fourth-order valence-corrected chi connectivity index (χ4v) is 4.99. The summed E-state index contributed by atoms with van der Waals surface area (Å²) in [6, 6.07) is 8.40. The van der Waals surface area contributed by atoms with Crippen molar-refractivity contribution in [3.05, 3.63) is 58.1 Å². The highest BCUT2D eigenvalue weighted by Crippen LogP contribution is 2.45. The number of carbonyl (C=O) groups excluding carboxylic acids is 2. The van der Waals surface area contributed by atoms with E-state index >= 15 is 0 Å². The highest BCUT2D eigenvalue weighted by Gasteiger charge is 2.49. The number of ether oxygens (including phenoxy) is 2. The number of halogens is 1. The van der Waals surface area contributed by atoms with E-state index in [9.17, 15) is 19.8 Å². The van der Waals surface area contributed by atoms with Gasteiger partial charge in [-0.1, -0.05) is 43.0 Å². The molecular formula is C25H26ClNO6. The zero-order chi connectivity index (χ0) is 23.7. The van der Waals surface area contributed by atoms with Gasteiger partial charge >= 0.3 is 0 Å². The molecule has 2 aliphatic rings. The van der Waals surface area contributed by atoms with Gasteiger partial charge in [-0.25, -0.2) is 0 Å². The summed E-state index contributed by atoms with van der Waals surface area (Å²) in [5.41, 5.74) is 0.794. The summed E-state index contributed by atoms with van der Waals surface area (Å²) in [5.74, 6) is -1.16. The number of hydrogen-bond donors (Lipinski definition) is 2. The Bertz CT molecular complexity index is 1100. The van der Waals surface area contributed by atoms with Crippen LogP contribution in [0.1, 0.15) is 49.3 Å². The number of phenolic OH excluding ortho intramolecular Hbond substituents is 1. The molecule has 8 heteroatoms. The van der Waals surface area contributed by atoms with Crippen molar-refractivity contribution in [2.45, 2.75) is 44.2 Å². The number of Topliss-reactive ketones (excluding diaryl/α,β-unsaturated/α-hetero) is 1. The van der Waals surface area contributed by atoms with Crippen molar-refractivity contribution in [3.63, 3.8) is 0 Å². The first kappa shape index (κ1) is 23.0. The Kier molecular flexibility index (Phi) is 6.51. The molecule has 1 saturated carbocycles. The van der Waals surface area contributed by atoms with Crippen molar-refractivity contribution in [2.24, 2.45) is 0 Å². The summed E-state index contributed by atoms with van der Waals surface area (Å²) in [4.78, 5) is 28.1. The van der Waals surface area contributed by atoms with Gasteiger partial charge in [-0.2, -0.15) is 0 Å². The Morgan fingerprint density at radius 3 is 2.24 bits per heavy atom. The van der Waals surface area contributed by atoms with Gasteiger partial charge in [0.15, 0.2) is 0 Å². The van der Waals surface area contributed by atoms with Crippen molar-refractivity contribution >= 4 is 29.1 Å². The second-order valence-electron chi connectivity index (χ2n) is 8.28. The van der Waals surface area contributed by atoms with E-state index in [1.54, 1.807) is 17.0 Å². The molecule has 0 bridgehead atoms. The Hall–Kier alpha value is -3.19. The number of ketones is 1. The van der Waals surface area contributed by atoms with Crippen LogP contribution < -0.4 is 9.47 Å². The van der Waals surface area contributed by atoms with Crippen molar-refractivity contribution in [2.75, 3.05) is 14.2 Å². The van der Waals surface area contributed by atoms with E-state index in [0.29, 0.717) is 11.3 Å². The SMILES string of the molecule is COc1cc(/C(O)=C2\C(=O)C(=O)N(C3CCCCC3)C2c2ccc(O)cc2)c(OC)cc1Cl. The minimum atomic E-state index is -0.792. The number of rotatable bonds is 5. The van der Waals surface area contributed by atoms with Gasteiger partial charge in [-0.05, 0) is 36.6 Å². The molecule has 0 spiro atoms. The molecule has 2 aromatic carbocycles. The van der Waals surface area contributed by atoms with Crippen LogP contribution in [-0.2, 0) is 9.59 Å². The van der Waals surface area contributed by atoms with Crippen LogP contribution in [0.2, 0.25) is 5.02 Å². The third kappa shape index (κ3) is 4.13. The number of benzene rings is 2. The molecule has 1 heterocycles. The minimum absolute atomic E-state index is 0.0288. The highest BCUT2D eigenvalue weighted by atomic mass is 35.5. The normalized spacial score (nSPS) is 20.8. The van der Waals surface area contributed by atoms with Crippen LogP contribution in [0.25, 0.3) is 5.76 Å². The molecule has 1 saturated heterocycles. The second kappa shape index (κ2) is 9.35. The van der Waals surface area contributed by atoms with Crippen LogP contribution in [-0.4, -0.2) is 47.1 Å². The van der Waals surface area contributed by atoms with Gasteiger partial charge in [0.2, 0.25) is 0 Å². The van der Waals surface area contributed by atoms with Gasteiger partial charge in [0, 0.05) is 12.1 Å². The number of aliphatic hydroxyl groups is 1. The van der Waals surface area contributed by atoms with E-state index in [-0.39, 0.29) is 39.5 Å². The fraction of sp³-hybridized carbons (Fsp3) is 0.360. The summed E-state index contributed by atoms with van der Waals surface area (Å²) in [7, 11) is 2.86. The first-order valence-corrected chi connectivity index (χ1v) is 11.3. The number of amides is 1. The molecule has 1 amide bonds. The van der Waals surface area contributed by atoms with Gasteiger partial charge < -0.3 is 24.6 Å². The summed E-state index contributed by atoms with van der Waals surface area (Å²) in [5, 5.41) is 21.4. The average Bonchev–Trinajstić information content (AvgIpc) is 3.09. The van der Waals surface area contributed by atoms with Gasteiger partial charge in [0.05, 0.1) is 36.4 Å². The number of phenols is 1. The van der Waals surface area contributed by atoms with Crippen molar-refractivity contribution in [3.8, 4) is 17.2 Å². The monoisotopic (exact) mass is 471 g/mol. The lowest BCUT2D eigenvalue weighted by Crippen LogP contribution is -2.40. The molecule has 2 fully saturated rings. The predicted octanol–water partition coefficient (Wildman–Crippen LogP) is 4.82. The molecule has 2 aromatic rings. The minimum Gasteiger partial charge on any atom is -0.508 e. The smallest absolute Gasteiger partial charge is 0.295 e. The number of aromatic hydroxyl groups is 1. The fourth-order valence-electron chi connectivity index (χ4n) is 4.76. The highest BCUT2D eigenvalue weighted by molar-refractivity contribution is 6.46. The quantitative estimate of drug-likeness (QED) is 0.369. The third-order valence-corrected chi connectivity index (χ3v) is 6.68. The molecule has 7 nitrogen and oxygen atoms in total. The molecule has 2 N–H and O–H groups in total. The van der Waals surface area contributed by atoms with E-state index in [4.69, 9.17) is 21.1 Å². The number of carbonyl (C=O) groups is 2. The maximum atomic E-state index is 13.3. The Labute approximate surface area is 197 Å². The summed E-state index contributed by atoms with van der Waals surface area (Å²) >= 11 is 6.20. The van der Waals surface area contributed by atoms with E-state index in [1.165, 1.54) is 38.5 Å². The molecular weight excluding hydrogens is 446 g/mol. The maximum absolute atomic E-state index is 13.3. The van der Waals surface area contributed by atoms with E-state index < -0.39 is 17.7 Å². The van der Waals surface area contributed by atoms with E-state index in [1.807, 2.05) is 0 Å². The summed E-state index contributed by atoms with van der Waals surface area (Å²) in [6.07, 6.45) is 4.61. The standard InChI is InChI=1S/C25H26ClNO6/c1-32-19-13-18(26)20(33-2)12-17(19)23(29)21-22(14-8-10-16(28)11-9-14)27(25(31)24(21)30)15-6-4-3-5-7-15/h8-13,15,22,28-29H,3-7H2,1-2H3/b23-21+. The Balaban J connectivity index is 1.93. The van der Waals surface area contributed by atoms with Gasteiger partial charge in [-0.3, -0.25) is 9.59 Å². The molecule has 1 aliphatic carbocycles. The van der Waals surface area contributed by atoms with Gasteiger partial charge in [-0.15, -0.1) is 0 Å². The Morgan fingerprint density at radius 1 is 1.00 bits per heavy atom. The first-order valence-electron chi connectivity index (χ1n) is 10.9. The zero-order valence-electron chi connectivity index (χ0n) is 18.5. The second-order valence-corrected chi connectivity index (χ2v) is 8.68. The molecule has 33 heavy (non-hydrogen) atoms. The summed E-state index contributed by atoms with van der Waals surface area (Å²) < 4.78 is 10.7. The van der Waals surface area contributed by atoms with Crippen LogP contribution in [0.3, 0.4) is 0 Å². The topological polar surface area (TPSA) is 96.3 Å². The number of nitrogens with zero attached hydrogens (tertiary/aromatic N) is 1. The largest absolute Gasteiger partial charge is 0.508 e. The lowest BCUT2D eigenvalue weighted by molar-refractivity contribution is -0.141. The van der Waals surface area contributed by atoms with Crippen molar-refractivity contribution < 1.29 is 29.3 Å². The molecule has 1 unspecified atom stereocenters. The van der Waals surface area contributed by atoms with Crippen LogP contribution >= 0.6 is 11.6 Å². The maximum Gasteiger partial charge on any atom is 0.295 e. The number of aliphatic hydroxyl groups excluding tert-OH is 1. The predicted molar refractivity (Wildman–Crippen MR) is 124 cm³/mol.